The number of halogens is 2. The highest BCUT2D eigenvalue weighted by atomic mass is 32.1. The number of thiophene rings is 1. The molecule has 1 aromatic carbocycles. The molecule has 0 saturated heterocycles. The molecule has 9 heteroatoms. The maximum Gasteiger partial charge on any atom is 0.265 e. The predicted molar refractivity (Wildman–Crippen MR) is 91.9 cm³/mol. The number of benzene rings is 1. The fourth-order valence-corrected chi connectivity index (χ4v) is 3.46. The van der Waals surface area contributed by atoms with Crippen molar-refractivity contribution in [3.63, 3.8) is 0 Å². The first-order chi connectivity index (χ1) is 11.8. The van der Waals surface area contributed by atoms with E-state index in [1.165, 1.54) is 18.3 Å². The van der Waals surface area contributed by atoms with Crippen molar-refractivity contribution in [2.75, 3.05) is 10.6 Å². The third-order valence-electron chi connectivity index (χ3n) is 3.54. The summed E-state index contributed by atoms with van der Waals surface area (Å²) in [6, 6.07) is 3.35. The maximum absolute atomic E-state index is 13.5. The van der Waals surface area contributed by atoms with E-state index >= 15 is 0 Å². The van der Waals surface area contributed by atoms with Crippen molar-refractivity contribution in [1.82, 2.24) is 9.78 Å². The van der Waals surface area contributed by atoms with E-state index in [-0.39, 0.29) is 11.4 Å². The van der Waals surface area contributed by atoms with Gasteiger partial charge in [-0.1, -0.05) is 0 Å². The number of rotatable bonds is 3. The van der Waals surface area contributed by atoms with Crippen LogP contribution < -0.4 is 10.6 Å². The van der Waals surface area contributed by atoms with E-state index in [2.05, 4.69) is 15.7 Å². The Kier molecular flexibility index (Phi) is 4.25. The van der Waals surface area contributed by atoms with Crippen molar-refractivity contribution >= 4 is 44.7 Å². The number of nitrogens with one attached hydrogen (secondary N) is 2. The minimum atomic E-state index is -1.12. The van der Waals surface area contributed by atoms with Gasteiger partial charge in [0.1, 0.15) is 4.83 Å². The topological polar surface area (TPSA) is 76.0 Å². The lowest BCUT2D eigenvalue weighted by Gasteiger charge is -2.11. The molecule has 2 N–H and O–H groups in total. The van der Waals surface area contributed by atoms with Gasteiger partial charge in [-0.05, 0) is 13.0 Å². The number of anilines is 2. The third-order valence-corrected chi connectivity index (χ3v) is 4.74. The monoisotopic (exact) mass is 364 g/mol. The van der Waals surface area contributed by atoms with E-state index in [9.17, 15) is 18.4 Å². The van der Waals surface area contributed by atoms with Crippen LogP contribution in [0.25, 0.3) is 10.2 Å². The van der Waals surface area contributed by atoms with Crippen molar-refractivity contribution in [2.24, 2.45) is 7.05 Å². The van der Waals surface area contributed by atoms with Crippen LogP contribution in [0.4, 0.5) is 20.2 Å². The number of aryl methyl sites for hydroxylation is 2. The molecule has 0 unspecified atom stereocenters. The number of hydrogen-bond acceptors (Lipinski definition) is 4. The molecule has 0 radical (unpaired) electrons. The summed E-state index contributed by atoms with van der Waals surface area (Å²) in [5.41, 5.74) is 0.754. The average Bonchev–Trinajstić information content (AvgIpc) is 3.06. The molecule has 6 nitrogen and oxygen atoms in total. The Labute approximate surface area is 145 Å². The Morgan fingerprint density at radius 1 is 1.12 bits per heavy atom. The molecule has 0 aliphatic rings. The fourth-order valence-electron chi connectivity index (χ4n) is 2.44. The van der Waals surface area contributed by atoms with Gasteiger partial charge in [-0.3, -0.25) is 14.3 Å². The third kappa shape index (κ3) is 3.22. The van der Waals surface area contributed by atoms with Crippen LogP contribution in [-0.4, -0.2) is 21.6 Å². The first-order valence-electron chi connectivity index (χ1n) is 7.27. The summed E-state index contributed by atoms with van der Waals surface area (Å²) in [6.45, 7) is 3.07. The predicted octanol–water partition coefficient (Wildman–Crippen LogP) is 3.43. The minimum Gasteiger partial charge on any atom is -0.324 e. The van der Waals surface area contributed by atoms with Crippen LogP contribution in [0.5, 0.6) is 0 Å². The van der Waals surface area contributed by atoms with Crippen LogP contribution >= 0.6 is 11.3 Å². The average molecular weight is 364 g/mol. The Morgan fingerprint density at radius 2 is 1.72 bits per heavy atom. The first-order valence-corrected chi connectivity index (χ1v) is 8.09. The number of amides is 2. The molecule has 0 fully saturated rings. The van der Waals surface area contributed by atoms with Gasteiger partial charge in [0.05, 0.1) is 21.9 Å². The molecule has 0 saturated carbocycles. The van der Waals surface area contributed by atoms with E-state index in [0.717, 1.165) is 28.0 Å². The summed E-state index contributed by atoms with van der Waals surface area (Å²) in [7, 11) is 1.78. The smallest absolute Gasteiger partial charge is 0.265 e. The number of carbonyl (C=O) groups excluding carboxylic acids is 2. The molecule has 25 heavy (non-hydrogen) atoms. The number of carbonyl (C=O) groups is 2. The van der Waals surface area contributed by atoms with Gasteiger partial charge in [-0.15, -0.1) is 11.3 Å². The highest BCUT2D eigenvalue weighted by Crippen LogP contribution is 2.30. The molecule has 0 aliphatic heterocycles. The standard InChI is InChI=1S/C16H14F2N4O2S/c1-7-9-4-14(25-16(9)22(3)21-7)15(24)20-13-6-11(18)10(17)5-12(13)19-8(2)23/h4-6H,1-3H3,(H,19,23)(H,20,24). The highest BCUT2D eigenvalue weighted by Gasteiger charge is 2.18. The van der Waals surface area contributed by atoms with Crippen LogP contribution in [-0.2, 0) is 11.8 Å². The van der Waals surface area contributed by atoms with Crippen LogP contribution in [0.2, 0.25) is 0 Å². The summed E-state index contributed by atoms with van der Waals surface area (Å²) >= 11 is 1.23. The largest absolute Gasteiger partial charge is 0.324 e. The number of hydrogen-bond donors (Lipinski definition) is 2. The normalized spacial score (nSPS) is 10.9. The number of aromatic nitrogens is 2. The second-order valence-corrected chi connectivity index (χ2v) is 6.52. The Bertz CT molecular complexity index is 975. The van der Waals surface area contributed by atoms with Crippen molar-refractivity contribution in [1.29, 1.82) is 0 Å². The summed E-state index contributed by atoms with van der Waals surface area (Å²) in [4.78, 5) is 24.9. The van der Waals surface area contributed by atoms with E-state index in [4.69, 9.17) is 0 Å². The quantitative estimate of drug-likeness (QED) is 0.748. The van der Waals surface area contributed by atoms with Gasteiger partial charge in [0, 0.05) is 31.5 Å². The second kappa shape index (κ2) is 6.25. The van der Waals surface area contributed by atoms with E-state index in [1.807, 2.05) is 6.92 Å². The van der Waals surface area contributed by atoms with E-state index < -0.39 is 23.4 Å². The zero-order valence-electron chi connectivity index (χ0n) is 13.6. The first kappa shape index (κ1) is 17.0. The minimum absolute atomic E-state index is 0.0151. The lowest BCUT2D eigenvalue weighted by Crippen LogP contribution is -2.15. The van der Waals surface area contributed by atoms with Crippen molar-refractivity contribution in [3.05, 3.63) is 40.4 Å². The van der Waals surface area contributed by atoms with Gasteiger partial charge < -0.3 is 10.6 Å². The van der Waals surface area contributed by atoms with Crippen LogP contribution in [0.3, 0.4) is 0 Å². The van der Waals surface area contributed by atoms with E-state index in [1.54, 1.807) is 17.8 Å². The molecule has 0 bridgehead atoms. The van der Waals surface area contributed by atoms with Gasteiger partial charge in [0.2, 0.25) is 5.91 Å². The maximum atomic E-state index is 13.5. The fraction of sp³-hybridized carbons (Fsp3) is 0.188. The van der Waals surface area contributed by atoms with Gasteiger partial charge in [0.15, 0.2) is 11.6 Å². The Balaban J connectivity index is 1.95. The molecular weight excluding hydrogens is 350 g/mol. The lowest BCUT2D eigenvalue weighted by molar-refractivity contribution is -0.114. The van der Waals surface area contributed by atoms with Crippen LogP contribution in [0.1, 0.15) is 22.3 Å². The van der Waals surface area contributed by atoms with Crippen LogP contribution in [0.15, 0.2) is 18.2 Å². The SMILES string of the molecule is CC(=O)Nc1cc(F)c(F)cc1NC(=O)c1cc2c(C)nn(C)c2s1. The molecule has 2 aromatic heterocycles. The molecule has 0 spiro atoms. The zero-order chi connectivity index (χ0) is 18.3. The van der Waals surface area contributed by atoms with Crippen molar-refractivity contribution < 1.29 is 18.4 Å². The van der Waals surface area contributed by atoms with E-state index in [0.29, 0.717) is 4.88 Å². The molecule has 130 valence electrons. The zero-order valence-corrected chi connectivity index (χ0v) is 14.4. The highest BCUT2D eigenvalue weighted by molar-refractivity contribution is 7.20. The van der Waals surface area contributed by atoms with Gasteiger partial charge in [-0.25, -0.2) is 8.78 Å². The number of fused-ring (bicyclic) bond motifs is 1. The molecule has 3 rings (SSSR count). The summed E-state index contributed by atoms with van der Waals surface area (Å²) in [6.07, 6.45) is 0. The molecule has 2 heterocycles. The van der Waals surface area contributed by atoms with Gasteiger partial charge >= 0.3 is 0 Å². The van der Waals surface area contributed by atoms with Crippen molar-refractivity contribution in [2.45, 2.75) is 13.8 Å². The molecule has 2 amide bonds. The number of nitrogens with zero attached hydrogens (tertiary/aromatic N) is 2. The molecule has 0 atom stereocenters. The second-order valence-electron chi connectivity index (χ2n) is 5.49. The molecule has 0 aliphatic carbocycles. The Morgan fingerprint density at radius 3 is 2.28 bits per heavy atom. The molecular formula is C16H14F2N4O2S. The summed E-state index contributed by atoms with van der Waals surface area (Å²) in [5.74, 6) is -3.20. The van der Waals surface area contributed by atoms with Gasteiger partial charge in [-0.2, -0.15) is 5.10 Å². The Hall–Kier alpha value is -2.81. The summed E-state index contributed by atoms with van der Waals surface area (Å²) < 4.78 is 28.6. The lowest BCUT2D eigenvalue weighted by atomic mass is 10.2. The summed E-state index contributed by atoms with van der Waals surface area (Å²) in [5, 5.41) is 9.99. The van der Waals surface area contributed by atoms with Crippen LogP contribution in [0, 0.1) is 18.6 Å². The van der Waals surface area contributed by atoms with Gasteiger partial charge in [0.25, 0.3) is 5.91 Å². The molecule has 3 aromatic rings. The van der Waals surface area contributed by atoms with Crippen molar-refractivity contribution in [3.8, 4) is 0 Å².